The molecule has 2 unspecified atom stereocenters. The third-order valence-corrected chi connectivity index (χ3v) is 1.75. The molecule has 1 fully saturated rings. The Labute approximate surface area is 62.0 Å². The number of rotatable bonds is 1. The van der Waals surface area contributed by atoms with Gasteiger partial charge in [-0.2, -0.15) is 13.2 Å². The zero-order valence-corrected chi connectivity index (χ0v) is 5.77. The van der Waals surface area contributed by atoms with Crippen molar-refractivity contribution in [2.75, 3.05) is 13.2 Å². The molecule has 1 rings (SSSR count). The Hall–Kier alpha value is -0.290. The fourth-order valence-electron chi connectivity index (χ4n) is 1.07. The van der Waals surface area contributed by atoms with Crippen molar-refractivity contribution in [2.45, 2.75) is 18.7 Å². The van der Waals surface area contributed by atoms with Crippen molar-refractivity contribution in [3.63, 3.8) is 0 Å². The molecule has 0 bridgehead atoms. The van der Waals surface area contributed by atoms with E-state index >= 15 is 0 Å². The number of ether oxygens (including phenoxy) is 1. The van der Waals surface area contributed by atoms with Crippen LogP contribution in [0.2, 0.25) is 0 Å². The summed E-state index contributed by atoms with van der Waals surface area (Å²) in [6.07, 6.45) is -6.43. The Balaban J connectivity index is 2.46. The fourth-order valence-corrected chi connectivity index (χ4v) is 1.07. The van der Waals surface area contributed by atoms with Gasteiger partial charge < -0.3 is 9.84 Å². The zero-order valence-electron chi connectivity index (χ0n) is 5.77. The molecular weight excluding hydrogens is 161 g/mol. The highest BCUT2D eigenvalue weighted by Gasteiger charge is 2.44. The molecule has 1 heterocycles. The van der Waals surface area contributed by atoms with E-state index in [0.29, 0.717) is 13.0 Å². The van der Waals surface area contributed by atoms with Gasteiger partial charge in [-0.25, -0.2) is 0 Å². The van der Waals surface area contributed by atoms with E-state index in [1.807, 2.05) is 0 Å². The van der Waals surface area contributed by atoms with Crippen molar-refractivity contribution in [3.05, 3.63) is 0 Å². The lowest BCUT2D eigenvalue weighted by Crippen LogP contribution is -2.36. The molecule has 1 aliphatic heterocycles. The van der Waals surface area contributed by atoms with Gasteiger partial charge >= 0.3 is 6.18 Å². The molecule has 1 aliphatic rings. The van der Waals surface area contributed by atoms with E-state index in [9.17, 15) is 13.2 Å². The summed E-state index contributed by atoms with van der Waals surface area (Å²) in [5, 5.41) is 8.68. The lowest BCUT2D eigenvalue weighted by atomic mass is 10.0. The predicted molar refractivity (Wildman–Crippen MR) is 31.0 cm³/mol. The lowest BCUT2D eigenvalue weighted by Gasteiger charge is -2.18. The van der Waals surface area contributed by atoms with Crippen molar-refractivity contribution in [1.82, 2.24) is 0 Å². The van der Waals surface area contributed by atoms with Gasteiger partial charge in [0.25, 0.3) is 0 Å². The van der Waals surface area contributed by atoms with Gasteiger partial charge in [0.15, 0.2) is 6.10 Å². The minimum Gasteiger partial charge on any atom is -0.383 e. The summed E-state index contributed by atoms with van der Waals surface area (Å²) in [6.45, 7) is 0.332. The van der Waals surface area contributed by atoms with Crippen molar-refractivity contribution >= 4 is 0 Å². The molecule has 0 aliphatic carbocycles. The normalized spacial score (nSPS) is 28.9. The Kier molecular flexibility index (Phi) is 2.39. The number of hydrogen-bond acceptors (Lipinski definition) is 2. The first-order valence-electron chi connectivity index (χ1n) is 3.34. The van der Waals surface area contributed by atoms with Crippen LogP contribution in [0.4, 0.5) is 13.2 Å². The highest BCUT2D eigenvalue weighted by atomic mass is 19.4. The first kappa shape index (κ1) is 8.80. The summed E-state index contributed by atoms with van der Waals surface area (Å²) >= 11 is 0. The van der Waals surface area contributed by atoms with Crippen molar-refractivity contribution < 1.29 is 23.0 Å². The number of aliphatic hydroxyl groups is 1. The number of aliphatic hydroxyl groups excluding tert-OH is 1. The van der Waals surface area contributed by atoms with Gasteiger partial charge in [0.1, 0.15) is 0 Å². The van der Waals surface area contributed by atoms with Crippen molar-refractivity contribution in [3.8, 4) is 0 Å². The van der Waals surface area contributed by atoms with E-state index in [1.54, 1.807) is 0 Å². The third-order valence-electron chi connectivity index (χ3n) is 1.75. The van der Waals surface area contributed by atoms with Crippen LogP contribution in [0, 0.1) is 5.92 Å². The molecule has 66 valence electrons. The molecule has 0 saturated carbocycles. The lowest BCUT2D eigenvalue weighted by molar-refractivity contribution is -0.218. The van der Waals surface area contributed by atoms with Gasteiger partial charge in [0.2, 0.25) is 0 Å². The first-order chi connectivity index (χ1) is 5.02. The highest BCUT2D eigenvalue weighted by molar-refractivity contribution is 4.77. The Morgan fingerprint density at radius 3 is 2.45 bits per heavy atom. The molecular formula is C6H9F3O2. The van der Waals surface area contributed by atoms with Crippen molar-refractivity contribution in [1.29, 1.82) is 0 Å². The molecule has 0 aromatic rings. The van der Waals surface area contributed by atoms with E-state index in [1.165, 1.54) is 0 Å². The molecule has 0 amide bonds. The number of halogens is 3. The minimum atomic E-state index is -4.50. The second-order valence-corrected chi connectivity index (χ2v) is 2.61. The summed E-state index contributed by atoms with van der Waals surface area (Å²) in [6, 6.07) is 0. The van der Waals surface area contributed by atoms with Crippen LogP contribution in [-0.2, 0) is 4.74 Å². The van der Waals surface area contributed by atoms with Gasteiger partial charge in [0, 0.05) is 12.5 Å². The number of hydrogen-bond donors (Lipinski definition) is 1. The molecule has 0 radical (unpaired) electrons. The fraction of sp³-hybridized carbons (Fsp3) is 1.00. The van der Waals surface area contributed by atoms with Crippen LogP contribution in [0.15, 0.2) is 0 Å². The third kappa shape index (κ3) is 2.07. The first-order valence-corrected chi connectivity index (χ1v) is 3.34. The maximum Gasteiger partial charge on any atom is 0.414 e. The van der Waals surface area contributed by atoms with E-state index < -0.39 is 18.2 Å². The molecule has 1 saturated heterocycles. The molecule has 1 N–H and O–H groups in total. The molecule has 0 aromatic carbocycles. The summed E-state index contributed by atoms with van der Waals surface area (Å²) in [5.74, 6) is -0.769. The highest BCUT2D eigenvalue weighted by Crippen LogP contribution is 2.29. The van der Waals surface area contributed by atoms with Gasteiger partial charge in [-0.1, -0.05) is 0 Å². The van der Waals surface area contributed by atoms with Gasteiger partial charge in [-0.3, -0.25) is 0 Å². The summed E-state index contributed by atoms with van der Waals surface area (Å²) < 4.78 is 40.1. The second-order valence-electron chi connectivity index (χ2n) is 2.61. The predicted octanol–water partition coefficient (Wildman–Crippen LogP) is 0.946. The SMILES string of the molecule is OC(C1CCOC1)C(F)(F)F. The maximum atomic E-state index is 11.8. The Morgan fingerprint density at radius 2 is 2.09 bits per heavy atom. The standard InChI is InChI=1S/C6H9F3O2/c7-6(8,9)5(10)4-1-2-11-3-4/h4-5,10H,1-3H2. The summed E-state index contributed by atoms with van der Waals surface area (Å²) in [4.78, 5) is 0. The zero-order chi connectivity index (χ0) is 8.48. The van der Waals surface area contributed by atoms with Crippen LogP contribution in [0.3, 0.4) is 0 Å². The summed E-state index contributed by atoms with van der Waals surface area (Å²) in [7, 11) is 0. The molecule has 2 nitrogen and oxygen atoms in total. The molecule has 5 heteroatoms. The molecule has 0 spiro atoms. The second kappa shape index (κ2) is 2.98. The smallest absolute Gasteiger partial charge is 0.383 e. The quantitative estimate of drug-likeness (QED) is 0.634. The Morgan fingerprint density at radius 1 is 1.45 bits per heavy atom. The van der Waals surface area contributed by atoms with Crippen LogP contribution in [0.5, 0.6) is 0 Å². The largest absolute Gasteiger partial charge is 0.414 e. The van der Waals surface area contributed by atoms with Crippen LogP contribution in [0.25, 0.3) is 0 Å². The average Bonchev–Trinajstić information content (AvgIpc) is 2.34. The van der Waals surface area contributed by atoms with Crippen LogP contribution >= 0.6 is 0 Å². The van der Waals surface area contributed by atoms with E-state index in [-0.39, 0.29) is 6.61 Å². The molecule has 11 heavy (non-hydrogen) atoms. The van der Waals surface area contributed by atoms with Crippen LogP contribution < -0.4 is 0 Å². The van der Waals surface area contributed by atoms with Crippen molar-refractivity contribution in [2.24, 2.45) is 5.92 Å². The van der Waals surface area contributed by atoms with E-state index in [2.05, 4.69) is 0 Å². The van der Waals surface area contributed by atoms with Crippen LogP contribution in [-0.4, -0.2) is 30.6 Å². The minimum absolute atomic E-state index is 0.0146. The topological polar surface area (TPSA) is 29.5 Å². The average molecular weight is 170 g/mol. The van der Waals surface area contributed by atoms with Gasteiger partial charge in [0.05, 0.1) is 6.61 Å². The van der Waals surface area contributed by atoms with Crippen LogP contribution in [0.1, 0.15) is 6.42 Å². The monoisotopic (exact) mass is 170 g/mol. The van der Waals surface area contributed by atoms with Gasteiger partial charge in [-0.05, 0) is 6.42 Å². The van der Waals surface area contributed by atoms with E-state index in [0.717, 1.165) is 0 Å². The molecule has 2 atom stereocenters. The van der Waals surface area contributed by atoms with Gasteiger partial charge in [-0.15, -0.1) is 0 Å². The maximum absolute atomic E-state index is 11.8. The summed E-state index contributed by atoms with van der Waals surface area (Å²) in [5.41, 5.74) is 0. The molecule has 0 aromatic heterocycles. The van der Waals surface area contributed by atoms with E-state index in [4.69, 9.17) is 9.84 Å². The number of alkyl halides is 3. The Bertz CT molecular complexity index is 128.